The Bertz CT molecular complexity index is 1230. The zero-order valence-electron chi connectivity index (χ0n) is 22.4. The molecule has 3 heterocycles. The van der Waals surface area contributed by atoms with Gasteiger partial charge in [-0.15, -0.1) is 0 Å². The van der Waals surface area contributed by atoms with Gasteiger partial charge in [0.1, 0.15) is 0 Å². The maximum atomic E-state index is 13.3. The first-order valence-corrected chi connectivity index (χ1v) is 13.3. The average Bonchev–Trinajstić information content (AvgIpc) is 3.55. The van der Waals surface area contributed by atoms with E-state index >= 15 is 0 Å². The lowest BCUT2D eigenvalue weighted by atomic mass is 9.66. The zero-order chi connectivity index (χ0) is 27.4. The molecule has 4 aliphatic rings. The molecule has 2 fully saturated rings. The first-order chi connectivity index (χ1) is 18.8. The SMILES string of the molecule is COc1cc([C@@H]2c3cc4c(cc3[C@@H](O[C@@H]3CC[C@@H](O)[C@H](C(C)C)O3)[C@H]3COC(=O)[C@H]23)OCO4)cc(OC)c1O. The summed E-state index contributed by atoms with van der Waals surface area (Å²) in [7, 11) is 2.93. The van der Waals surface area contributed by atoms with Gasteiger partial charge in [0.05, 0.1) is 45.1 Å². The van der Waals surface area contributed by atoms with Crippen molar-refractivity contribution >= 4 is 5.97 Å². The van der Waals surface area contributed by atoms with Crippen molar-refractivity contribution in [3.05, 3.63) is 41.0 Å². The second-order valence-corrected chi connectivity index (χ2v) is 10.9. The van der Waals surface area contributed by atoms with Crippen molar-refractivity contribution in [2.75, 3.05) is 27.6 Å². The highest BCUT2D eigenvalue weighted by Crippen LogP contribution is 2.57. The number of rotatable bonds is 6. The summed E-state index contributed by atoms with van der Waals surface area (Å²) in [5, 5.41) is 21.0. The summed E-state index contributed by atoms with van der Waals surface area (Å²) in [5.41, 5.74) is 2.41. The quantitative estimate of drug-likeness (QED) is 0.523. The van der Waals surface area contributed by atoms with E-state index in [1.807, 2.05) is 26.0 Å². The van der Waals surface area contributed by atoms with Gasteiger partial charge in [-0.3, -0.25) is 4.79 Å². The summed E-state index contributed by atoms with van der Waals surface area (Å²) in [6.07, 6.45) is -0.867. The fourth-order valence-corrected chi connectivity index (χ4v) is 6.45. The number of phenols is 1. The number of esters is 1. The van der Waals surface area contributed by atoms with Crippen LogP contribution in [0.1, 0.15) is 55.4 Å². The maximum Gasteiger partial charge on any atom is 0.310 e. The Morgan fingerprint density at radius 2 is 1.62 bits per heavy atom. The van der Waals surface area contributed by atoms with Gasteiger partial charge in [0.2, 0.25) is 12.5 Å². The lowest BCUT2D eigenvalue weighted by molar-refractivity contribution is -0.257. The summed E-state index contributed by atoms with van der Waals surface area (Å²) >= 11 is 0. The Balaban J connectivity index is 1.46. The van der Waals surface area contributed by atoms with Gasteiger partial charge in [0.25, 0.3) is 0 Å². The molecule has 0 amide bonds. The molecule has 0 saturated carbocycles. The van der Waals surface area contributed by atoms with Gasteiger partial charge >= 0.3 is 5.97 Å². The smallest absolute Gasteiger partial charge is 0.310 e. The first kappa shape index (κ1) is 26.0. The maximum absolute atomic E-state index is 13.3. The predicted octanol–water partition coefficient (Wildman–Crippen LogP) is 3.65. The molecule has 0 radical (unpaired) electrons. The molecule has 3 aliphatic heterocycles. The van der Waals surface area contributed by atoms with Crippen molar-refractivity contribution in [1.82, 2.24) is 0 Å². The Hall–Kier alpha value is -3.21. The number of aromatic hydroxyl groups is 1. The normalized spacial score (nSPS) is 31.0. The molecular weight excluding hydrogens is 508 g/mol. The van der Waals surface area contributed by atoms with E-state index in [9.17, 15) is 15.0 Å². The largest absolute Gasteiger partial charge is 0.502 e. The number of phenolic OH excluding ortho intramolecular Hbond substituents is 1. The lowest BCUT2D eigenvalue weighted by Gasteiger charge is -2.42. The molecule has 0 aromatic heterocycles. The summed E-state index contributed by atoms with van der Waals surface area (Å²) in [6, 6.07) is 7.26. The van der Waals surface area contributed by atoms with Gasteiger partial charge in [0.15, 0.2) is 29.3 Å². The van der Waals surface area contributed by atoms with Crippen molar-refractivity contribution in [2.24, 2.45) is 17.8 Å². The van der Waals surface area contributed by atoms with E-state index in [0.717, 1.165) is 16.7 Å². The molecule has 210 valence electrons. The molecule has 39 heavy (non-hydrogen) atoms. The van der Waals surface area contributed by atoms with Crippen LogP contribution < -0.4 is 18.9 Å². The van der Waals surface area contributed by atoms with E-state index in [1.54, 1.807) is 12.1 Å². The van der Waals surface area contributed by atoms with Crippen molar-refractivity contribution in [2.45, 2.75) is 57.2 Å². The van der Waals surface area contributed by atoms with Crippen molar-refractivity contribution in [3.8, 4) is 28.7 Å². The Morgan fingerprint density at radius 1 is 0.949 bits per heavy atom. The minimum absolute atomic E-state index is 0.101. The van der Waals surface area contributed by atoms with Crippen LogP contribution in [-0.2, 0) is 19.0 Å². The van der Waals surface area contributed by atoms with E-state index in [-0.39, 0.29) is 54.6 Å². The molecule has 2 aromatic rings. The number of hydrogen-bond acceptors (Lipinski definition) is 10. The number of methoxy groups -OCH3 is 2. The van der Waals surface area contributed by atoms with Crippen molar-refractivity contribution in [3.63, 3.8) is 0 Å². The van der Waals surface area contributed by atoms with Crippen LogP contribution in [0, 0.1) is 17.8 Å². The average molecular weight is 543 g/mol. The molecule has 1 aliphatic carbocycles. The molecule has 10 heteroatoms. The Kier molecular flexibility index (Phi) is 6.73. The molecule has 10 nitrogen and oxygen atoms in total. The number of aliphatic hydroxyl groups is 1. The molecule has 2 N–H and O–H groups in total. The number of carbonyl (C=O) groups excluding carboxylic acids is 1. The molecule has 0 spiro atoms. The minimum Gasteiger partial charge on any atom is -0.502 e. The van der Waals surface area contributed by atoms with Crippen LogP contribution in [0.2, 0.25) is 0 Å². The van der Waals surface area contributed by atoms with Crippen LogP contribution in [0.15, 0.2) is 24.3 Å². The van der Waals surface area contributed by atoms with Gasteiger partial charge in [-0.25, -0.2) is 0 Å². The van der Waals surface area contributed by atoms with E-state index in [0.29, 0.717) is 24.3 Å². The van der Waals surface area contributed by atoms with Gasteiger partial charge in [-0.05, 0) is 53.3 Å². The third kappa shape index (κ3) is 4.34. The minimum atomic E-state index is -0.572. The second kappa shape index (κ2) is 10.1. The van der Waals surface area contributed by atoms with Gasteiger partial charge < -0.3 is 43.4 Å². The lowest BCUT2D eigenvalue weighted by Crippen LogP contribution is -2.45. The van der Waals surface area contributed by atoms with Crippen LogP contribution in [0.3, 0.4) is 0 Å². The fraction of sp³-hybridized carbons (Fsp3) is 0.552. The summed E-state index contributed by atoms with van der Waals surface area (Å²) in [5.74, 6) is 0.000859. The van der Waals surface area contributed by atoms with Crippen LogP contribution in [0.25, 0.3) is 0 Å². The topological polar surface area (TPSA) is 122 Å². The molecule has 0 unspecified atom stereocenters. The van der Waals surface area contributed by atoms with Gasteiger partial charge in [-0.2, -0.15) is 0 Å². The van der Waals surface area contributed by atoms with E-state index in [2.05, 4.69) is 0 Å². The highest BCUT2D eigenvalue weighted by Gasteiger charge is 2.54. The third-order valence-electron chi connectivity index (χ3n) is 8.32. The molecule has 7 atom stereocenters. The number of aliphatic hydroxyl groups excluding tert-OH is 1. The zero-order valence-corrected chi connectivity index (χ0v) is 22.4. The summed E-state index contributed by atoms with van der Waals surface area (Å²) in [4.78, 5) is 13.3. The van der Waals surface area contributed by atoms with Crippen LogP contribution in [0.4, 0.5) is 0 Å². The number of carbonyl (C=O) groups is 1. The second-order valence-electron chi connectivity index (χ2n) is 10.9. The Labute approximate surface area is 226 Å². The monoisotopic (exact) mass is 542 g/mol. The first-order valence-electron chi connectivity index (χ1n) is 13.3. The summed E-state index contributed by atoms with van der Waals surface area (Å²) in [6.45, 7) is 4.31. The third-order valence-corrected chi connectivity index (χ3v) is 8.32. The number of hydrogen-bond donors (Lipinski definition) is 2. The van der Waals surface area contributed by atoms with E-state index < -0.39 is 30.3 Å². The number of fused-ring (bicyclic) bond motifs is 3. The fourth-order valence-electron chi connectivity index (χ4n) is 6.45. The van der Waals surface area contributed by atoms with Crippen LogP contribution in [0.5, 0.6) is 28.7 Å². The van der Waals surface area contributed by atoms with Gasteiger partial charge in [-0.1, -0.05) is 13.8 Å². The Morgan fingerprint density at radius 3 is 2.26 bits per heavy atom. The highest BCUT2D eigenvalue weighted by molar-refractivity contribution is 5.79. The van der Waals surface area contributed by atoms with E-state index in [1.165, 1.54) is 14.2 Å². The molecule has 6 rings (SSSR count). The van der Waals surface area contributed by atoms with Gasteiger partial charge in [0, 0.05) is 18.3 Å². The molecular formula is C29H34O10. The highest BCUT2D eigenvalue weighted by atomic mass is 16.7. The standard InChI is InChI=1S/C29H34O10/c1-13(2)27-18(30)5-6-23(38-27)39-28-16-10-20-19(36-12-37-20)9-15(16)24(25-17(28)11-35-29(25)32)14-7-21(33-3)26(31)22(8-14)34-4/h7-10,13,17-18,23-25,27-28,30-31H,5-6,11-12H2,1-4H3/t17-,18+,23+,24+,25-,27-,28+/m0/s1. The van der Waals surface area contributed by atoms with Crippen molar-refractivity contribution in [1.29, 1.82) is 0 Å². The molecule has 2 saturated heterocycles. The number of cyclic esters (lactones) is 1. The number of ether oxygens (including phenoxy) is 7. The molecule has 0 bridgehead atoms. The van der Waals surface area contributed by atoms with Crippen molar-refractivity contribution < 1.29 is 48.2 Å². The van der Waals surface area contributed by atoms with E-state index in [4.69, 9.17) is 33.2 Å². The summed E-state index contributed by atoms with van der Waals surface area (Å²) < 4.78 is 40.8. The predicted molar refractivity (Wildman–Crippen MR) is 136 cm³/mol. The van der Waals surface area contributed by atoms with Crippen LogP contribution >= 0.6 is 0 Å². The van der Waals surface area contributed by atoms with Crippen LogP contribution in [-0.4, -0.2) is 62.3 Å². The molecule has 2 aromatic carbocycles. The number of benzene rings is 2.